The minimum Gasteiger partial charge on any atom is -0.497 e. The zero-order valence-electron chi connectivity index (χ0n) is 14.9. The van der Waals surface area contributed by atoms with Crippen LogP contribution in [-0.2, 0) is 0 Å². The number of alkyl halides is 3. The lowest BCUT2D eigenvalue weighted by molar-refractivity contribution is -0.274. The summed E-state index contributed by atoms with van der Waals surface area (Å²) in [7, 11) is 1.49. The molecule has 5 aromatic rings. The average Bonchev–Trinajstić information content (AvgIpc) is 3.12. The standard InChI is InChI=1S/C22H11F3O4/c1-28-10-2-5-14-17(8-10)20(26)15-7-6-13-12-4-3-11(29-22(23,24)25)9-16(12)21(27)19(13)18(14)15/h2-9H,1H3. The summed E-state index contributed by atoms with van der Waals surface area (Å²) < 4.78 is 46.8. The van der Waals surface area contributed by atoms with E-state index in [1.807, 2.05) is 0 Å². The Morgan fingerprint density at radius 3 is 1.93 bits per heavy atom. The predicted octanol–water partition coefficient (Wildman–Crippen LogP) is 4.80. The van der Waals surface area contributed by atoms with Crippen molar-refractivity contribution in [2.45, 2.75) is 6.36 Å². The number of halogens is 3. The van der Waals surface area contributed by atoms with Crippen LogP contribution in [0.4, 0.5) is 13.2 Å². The first-order valence-corrected chi connectivity index (χ1v) is 8.63. The van der Waals surface area contributed by atoms with E-state index in [9.17, 15) is 22.8 Å². The summed E-state index contributed by atoms with van der Waals surface area (Å²) in [6, 6.07) is 12.0. The molecule has 0 aromatic heterocycles. The minimum atomic E-state index is -4.85. The number of hydrogen-bond donors (Lipinski definition) is 0. The number of ether oxygens (including phenoxy) is 2. The molecule has 0 saturated heterocycles. The molecule has 144 valence electrons. The van der Waals surface area contributed by atoms with Crippen LogP contribution in [0.15, 0.2) is 58.1 Å². The van der Waals surface area contributed by atoms with E-state index in [-0.39, 0.29) is 10.8 Å². The highest BCUT2D eigenvalue weighted by Crippen LogP contribution is 2.36. The molecule has 0 fully saturated rings. The Labute approximate surface area is 160 Å². The van der Waals surface area contributed by atoms with Crippen LogP contribution in [0, 0.1) is 0 Å². The number of hydrogen-bond acceptors (Lipinski definition) is 4. The quantitative estimate of drug-likeness (QED) is 0.430. The van der Waals surface area contributed by atoms with Gasteiger partial charge in [-0.25, -0.2) is 0 Å². The van der Waals surface area contributed by atoms with Crippen molar-refractivity contribution >= 4 is 43.1 Å². The average molecular weight is 396 g/mol. The fourth-order valence-corrected chi connectivity index (χ4v) is 4.01. The van der Waals surface area contributed by atoms with Gasteiger partial charge < -0.3 is 9.47 Å². The Kier molecular flexibility index (Phi) is 3.44. The molecule has 0 heterocycles. The molecule has 0 aliphatic rings. The van der Waals surface area contributed by atoms with E-state index in [4.69, 9.17) is 4.74 Å². The zero-order valence-corrected chi connectivity index (χ0v) is 14.9. The molecule has 0 atom stereocenters. The van der Waals surface area contributed by atoms with Crippen LogP contribution in [0.1, 0.15) is 0 Å². The van der Waals surface area contributed by atoms with E-state index in [0.717, 1.165) is 6.07 Å². The first-order chi connectivity index (χ1) is 13.8. The minimum absolute atomic E-state index is 0.115. The van der Waals surface area contributed by atoms with Gasteiger partial charge in [0.25, 0.3) is 0 Å². The lowest BCUT2D eigenvalue weighted by atomic mass is 10.1. The molecule has 0 N–H and O–H groups in total. The molecule has 0 unspecified atom stereocenters. The Morgan fingerprint density at radius 2 is 1.21 bits per heavy atom. The van der Waals surface area contributed by atoms with Crippen molar-refractivity contribution in [3.05, 3.63) is 69.0 Å². The summed E-state index contributed by atoms with van der Waals surface area (Å²) in [6.45, 7) is 0. The molecular weight excluding hydrogens is 385 g/mol. The Balaban J connectivity index is 1.92. The van der Waals surface area contributed by atoms with Gasteiger partial charge in [0.1, 0.15) is 11.5 Å². The SMILES string of the molecule is COc1ccc2c(c1)c(=O)c1ccc3c4ccc(OC(F)(F)F)cc4c(=O)c3c12. The third-order valence-corrected chi connectivity index (χ3v) is 5.18. The van der Waals surface area contributed by atoms with Gasteiger partial charge in [0.15, 0.2) is 10.9 Å². The van der Waals surface area contributed by atoms with Crippen LogP contribution in [0.3, 0.4) is 0 Å². The van der Waals surface area contributed by atoms with Crippen LogP contribution in [-0.4, -0.2) is 13.5 Å². The smallest absolute Gasteiger partial charge is 0.497 e. The van der Waals surface area contributed by atoms with Gasteiger partial charge in [0.05, 0.1) is 7.11 Å². The van der Waals surface area contributed by atoms with Crippen LogP contribution in [0.2, 0.25) is 0 Å². The van der Waals surface area contributed by atoms with Crippen molar-refractivity contribution < 1.29 is 22.6 Å². The number of benzene rings is 3. The second kappa shape index (κ2) is 5.70. The van der Waals surface area contributed by atoms with Gasteiger partial charge in [-0.1, -0.05) is 6.07 Å². The van der Waals surface area contributed by atoms with Gasteiger partial charge in [0, 0.05) is 26.9 Å². The van der Waals surface area contributed by atoms with Crippen LogP contribution >= 0.6 is 0 Å². The van der Waals surface area contributed by atoms with Crippen molar-refractivity contribution in [2.24, 2.45) is 0 Å². The third-order valence-electron chi connectivity index (χ3n) is 5.18. The second-order valence-corrected chi connectivity index (χ2v) is 6.74. The summed E-state index contributed by atoms with van der Waals surface area (Å²) >= 11 is 0. The third kappa shape index (κ3) is 2.47. The first-order valence-electron chi connectivity index (χ1n) is 8.63. The molecule has 0 amide bonds. The van der Waals surface area contributed by atoms with Gasteiger partial charge >= 0.3 is 6.36 Å². The first kappa shape index (κ1) is 17.5. The molecule has 29 heavy (non-hydrogen) atoms. The Bertz CT molecular complexity index is 1540. The van der Waals surface area contributed by atoms with Crippen LogP contribution < -0.4 is 20.3 Å². The normalized spacial score (nSPS) is 12.4. The van der Waals surface area contributed by atoms with Gasteiger partial charge in [-0.15, -0.1) is 13.2 Å². The molecule has 4 nitrogen and oxygen atoms in total. The van der Waals surface area contributed by atoms with Crippen molar-refractivity contribution in [3.8, 4) is 11.5 Å². The molecule has 0 radical (unpaired) electrons. The van der Waals surface area contributed by atoms with Gasteiger partial charge in [-0.3, -0.25) is 9.59 Å². The maximum atomic E-state index is 13.1. The molecule has 0 aliphatic heterocycles. The van der Waals surface area contributed by atoms with Crippen LogP contribution in [0.5, 0.6) is 11.5 Å². The van der Waals surface area contributed by atoms with Crippen molar-refractivity contribution in [1.82, 2.24) is 0 Å². The predicted molar refractivity (Wildman–Crippen MR) is 105 cm³/mol. The molecule has 0 saturated carbocycles. The number of fused-ring (bicyclic) bond motifs is 7. The molecule has 0 aliphatic carbocycles. The molecule has 0 bridgehead atoms. The van der Waals surface area contributed by atoms with Gasteiger partial charge in [0.2, 0.25) is 0 Å². The topological polar surface area (TPSA) is 52.6 Å². The van der Waals surface area contributed by atoms with E-state index in [1.54, 1.807) is 30.3 Å². The van der Waals surface area contributed by atoms with E-state index in [2.05, 4.69) is 4.74 Å². The molecule has 5 rings (SSSR count). The van der Waals surface area contributed by atoms with E-state index in [0.29, 0.717) is 43.5 Å². The summed E-state index contributed by atoms with van der Waals surface area (Å²) in [6.07, 6.45) is -4.85. The molecule has 7 heteroatoms. The van der Waals surface area contributed by atoms with Crippen LogP contribution in [0.25, 0.3) is 43.1 Å². The Hall–Kier alpha value is -3.61. The molecule has 5 aromatic carbocycles. The summed E-state index contributed by atoms with van der Waals surface area (Å²) in [5.74, 6) is 0.0559. The second-order valence-electron chi connectivity index (χ2n) is 6.74. The Morgan fingerprint density at radius 1 is 0.655 bits per heavy atom. The fraction of sp³-hybridized carbons (Fsp3) is 0.0909. The highest BCUT2D eigenvalue weighted by atomic mass is 19.4. The lowest BCUT2D eigenvalue weighted by Gasteiger charge is -2.08. The number of rotatable bonds is 2. The summed E-state index contributed by atoms with van der Waals surface area (Å²) in [4.78, 5) is 26.0. The largest absolute Gasteiger partial charge is 0.573 e. The van der Waals surface area contributed by atoms with Crippen molar-refractivity contribution in [3.63, 3.8) is 0 Å². The zero-order chi connectivity index (χ0) is 20.5. The van der Waals surface area contributed by atoms with Crippen molar-refractivity contribution in [1.29, 1.82) is 0 Å². The van der Waals surface area contributed by atoms with E-state index in [1.165, 1.54) is 19.2 Å². The van der Waals surface area contributed by atoms with Gasteiger partial charge in [-0.05, 0) is 58.6 Å². The lowest BCUT2D eigenvalue weighted by Crippen LogP contribution is -2.17. The number of methoxy groups -OCH3 is 1. The molecule has 0 spiro atoms. The molecular formula is C22H11F3O4. The maximum absolute atomic E-state index is 13.1. The van der Waals surface area contributed by atoms with E-state index >= 15 is 0 Å². The van der Waals surface area contributed by atoms with Gasteiger partial charge in [-0.2, -0.15) is 0 Å². The highest BCUT2D eigenvalue weighted by molar-refractivity contribution is 6.28. The van der Waals surface area contributed by atoms with E-state index < -0.39 is 17.5 Å². The summed E-state index contributed by atoms with van der Waals surface area (Å²) in [5.41, 5.74) is -0.655. The fourth-order valence-electron chi connectivity index (χ4n) is 4.01. The summed E-state index contributed by atoms with van der Waals surface area (Å²) in [5, 5.41) is 3.46. The highest BCUT2D eigenvalue weighted by Gasteiger charge is 2.31. The monoisotopic (exact) mass is 396 g/mol. The van der Waals surface area contributed by atoms with Crippen molar-refractivity contribution in [2.75, 3.05) is 7.11 Å². The maximum Gasteiger partial charge on any atom is 0.573 e.